The highest BCUT2D eigenvalue weighted by molar-refractivity contribution is 7.80. The van der Waals surface area contributed by atoms with Crippen molar-refractivity contribution in [3.8, 4) is 11.5 Å². The fourth-order valence-electron chi connectivity index (χ4n) is 1.18. The normalized spacial score (nSPS) is 10.4. The molecule has 2 aromatic rings. The first kappa shape index (κ1) is 13.3. The highest BCUT2D eigenvalue weighted by atomic mass is 32.2. The van der Waals surface area contributed by atoms with Crippen molar-refractivity contribution in [3.05, 3.63) is 48.5 Å². The van der Waals surface area contributed by atoms with Crippen molar-refractivity contribution in [2.75, 3.05) is 0 Å². The molecular weight excluding hydrogens is 288 g/mol. The van der Waals surface area contributed by atoms with E-state index in [1.807, 2.05) is 0 Å². The molecule has 6 heteroatoms. The Balaban J connectivity index is 1.96. The van der Waals surface area contributed by atoms with Gasteiger partial charge in [-0.25, -0.2) is 0 Å². The molecule has 0 spiro atoms. The molecule has 0 unspecified atom stereocenters. The quantitative estimate of drug-likeness (QED) is 0.850. The zero-order valence-corrected chi connectivity index (χ0v) is 11.8. The van der Waals surface area contributed by atoms with E-state index in [-0.39, 0.29) is 0 Å². The fourth-order valence-corrected chi connectivity index (χ4v) is 2.05. The molecule has 18 heavy (non-hydrogen) atoms. The van der Waals surface area contributed by atoms with Gasteiger partial charge in [0, 0.05) is 9.79 Å². The largest absolute Gasteiger partial charge is 0.417 e. The Kier molecular flexibility index (Phi) is 4.57. The molecule has 0 N–H and O–H groups in total. The molecule has 0 radical (unpaired) electrons. The standard InChI is InChI=1S/C12H10O3S3/c13-18(14-9-1-5-11(16)6-2-9)15-10-3-7-12(17)8-4-10/h1-8,16-17H. The molecular formula is C12H10O3S3. The lowest BCUT2D eigenvalue weighted by Crippen LogP contribution is -2.07. The van der Waals surface area contributed by atoms with Crippen LogP contribution in [0.15, 0.2) is 58.3 Å². The van der Waals surface area contributed by atoms with E-state index in [0.29, 0.717) is 11.5 Å². The van der Waals surface area contributed by atoms with Gasteiger partial charge < -0.3 is 8.37 Å². The topological polar surface area (TPSA) is 35.5 Å². The van der Waals surface area contributed by atoms with Crippen LogP contribution in [-0.2, 0) is 11.4 Å². The summed E-state index contributed by atoms with van der Waals surface area (Å²) >= 11 is 6.40. The monoisotopic (exact) mass is 298 g/mol. The Morgan fingerprint density at radius 1 is 0.722 bits per heavy atom. The van der Waals surface area contributed by atoms with Crippen LogP contribution in [0.3, 0.4) is 0 Å². The van der Waals surface area contributed by atoms with E-state index in [1.54, 1.807) is 48.5 Å². The van der Waals surface area contributed by atoms with Gasteiger partial charge in [-0.05, 0) is 48.5 Å². The van der Waals surface area contributed by atoms with Gasteiger partial charge in [-0.15, -0.1) is 25.3 Å². The zero-order valence-electron chi connectivity index (χ0n) is 9.15. The minimum Gasteiger partial charge on any atom is -0.371 e. The van der Waals surface area contributed by atoms with E-state index >= 15 is 0 Å². The van der Waals surface area contributed by atoms with E-state index in [2.05, 4.69) is 25.3 Å². The third kappa shape index (κ3) is 3.97. The van der Waals surface area contributed by atoms with Crippen LogP contribution < -0.4 is 8.37 Å². The second-order valence-corrected chi connectivity index (χ2v) is 5.13. The maximum atomic E-state index is 11.6. The van der Waals surface area contributed by atoms with Crippen LogP contribution in [0.4, 0.5) is 0 Å². The SMILES string of the molecule is O=S(Oc1ccc(S)cc1)Oc1ccc(S)cc1. The highest BCUT2D eigenvalue weighted by Gasteiger charge is 2.05. The van der Waals surface area contributed by atoms with Crippen molar-refractivity contribution in [2.24, 2.45) is 0 Å². The number of hydrogen-bond donors (Lipinski definition) is 2. The first-order chi connectivity index (χ1) is 8.63. The lowest BCUT2D eigenvalue weighted by Gasteiger charge is -2.05. The van der Waals surface area contributed by atoms with E-state index in [0.717, 1.165) is 9.79 Å². The van der Waals surface area contributed by atoms with E-state index in [1.165, 1.54) is 0 Å². The number of thiol groups is 2. The summed E-state index contributed by atoms with van der Waals surface area (Å²) in [6.45, 7) is 0. The van der Waals surface area contributed by atoms with Gasteiger partial charge in [0.2, 0.25) is 0 Å². The summed E-state index contributed by atoms with van der Waals surface area (Å²) in [5, 5.41) is 0. The summed E-state index contributed by atoms with van der Waals surface area (Å²) in [5.41, 5.74) is 0. The summed E-state index contributed by atoms with van der Waals surface area (Å²) in [6, 6.07) is 13.6. The molecule has 0 aromatic heterocycles. The smallest absolute Gasteiger partial charge is 0.371 e. The molecule has 2 aromatic carbocycles. The van der Waals surface area contributed by atoms with Gasteiger partial charge in [0.05, 0.1) is 0 Å². The van der Waals surface area contributed by atoms with Gasteiger partial charge >= 0.3 is 11.4 Å². The van der Waals surface area contributed by atoms with Crippen molar-refractivity contribution < 1.29 is 12.6 Å². The summed E-state index contributed by atoms with van der Waals surface area (Å²) in [5.74, 6) is 0.911. The van der Waals surface area contributed by atoms with Crippen LogP contribution >= 0.6 is 25.3 Å². The average molecular weight is 298 g/mol. The molecule has 3 nitrogen and oxygen atoms in total. The molecule has 2 rings (SSSR count). The lowest BCUT2D eigenvalue weighted by atomic mass is 10.3. The van der Waals surface area contributed by atoms with Gasteiger partial charge in [0.15, 0.2) is 0 Å². The predicted molar refractivity (Wildman–Crippen MR) is 76.8 cm³/mol. The van der Waals surface area contributed by atoms with Crippen molar-refractivity contribution in [1.82, 2.24) is 0 Å². The number of rotatable bonds is 4. The third-order valence-electron chi connectivity index (χ3n) is 2.00. The first-order valence-corrected chi connectivity index (χ1v) is 6.89. The van der Waals surface area contributed by atoms with Gasteiger partial charge in [-0.1, -0.05) is 0 Å². The predicted octanol–water partition coefficient (Wildman–Crippen LogP) is 3.30. The van der Waals surface area contributed by atoms with Crippen molar-refractivity contribution in [1.29, 1.82) is 0 Å². The fraction of sp³-hybridized carbons (Fsp3) is 0. The van der Waals surface area contributed by atoms with E-state index in [9.17, 15) is 4.21 Å². The average Bonchev–Trinajstić information content (AvgIpc) is 2.35. The summed E-state index contributed by atoms with van der Waals surface area (Å²) in [7, 11) is 0. The molecule has 0 atom stereocenters. The second-order valence-electron chi connectivity index (χ2n) is 3.36. The van der Waals surface area contributed by atoms with Gasteiger partial charge in [0.25, 0.3) is 0 Å². The summed E-state index contributed by atoms with van der Waals surface area (Å²) < 4.78 is 21.8. The van der Waals surface area contributed by atoms with Gasteiger partial charge in [-0.2, -0.15) is 4.21 Å². The van der Waals surface area contributed by atoms with Crippen molar-refractivity contribution in [2.45, 2.75) is 9.79 Å². The van der Waals surface area contributed by atoms with E-state index < -0.39 is 11.4 Å². The Morgan fingerprint density at radius 2 is 1.06 bits per heavy atom. The van der Waals surface area contributed by atoms with Crippen LogP contribution in [0.5, 0.6) is 11.5 Å². The van der Waals surface area contributed by atoms with Crippen LogP contribution in [-0.4, -0.2) is 4.21 Å². The number of benzene rings is 2. The maximum absolute atomic E-state index is 11.6. The molecule has 0 saturated carbocycles. The zero-order chi connectivity index (χ0) is 13.0. The number of hydrogen-bond acceptors (Lipinski definition) is 5. The molecule has 0 bridgehead atoms. The molecule has 0 heterocycles. The molecule has 0 aliphatic carbocycles. The van der Waals surface area contributed by atoms with Crippen LogP contribution in [0.2, 0.25) is 0 Å². The Bertz CT molecular complexity index is 488. The second kappa shape index (κ2) is 6.17. The van der Waals surface area contributed by atoms with Crippen molar-refractivity contribution >= 4 is 36.6 Å². The van der Waals surface area contributed by atoms with Gasteiger partial charge in [0.1, 0.15) is 11.5 Å². The maximum Gasteiger partial charge on any atom is 0.417 e. The van der Waals surface area contributed by atoms with Crippen molar-refractivity contribution in [3.63, 3.8) is 0 Å². The van der Waals surface area contributed by atoms with Crippen LogP contribution in [0.1, 0.15) is 0 Å². The Hall–Kier alpha value is -1.11. The third-order valence-corrected chi connectivity index (χ3v) is 3.26. The van der Waals surface area contributed by atoms with Gasteiger partial charge in [-0.3, -0.25) is 0 Å². The minimum atomic E-state index is -1.89. The van der Waals surface area contributed by atoms with Crippen LogP contribution in [0, 0.1) is 0 Å². The summed E-state index contributed by atoms with van der Waals surface area (Å²) in [6.07, 6.45) is 0. The molecule has 0 aliphatic rings. The Labute approximate surface area is 119 Å². The first-order valence-electron chi connectivity index (χ1n) is 5.00. The molecule has 94 valence electrons. The van der Waals surface area contributed by atoms with E-state index in [4.69, 9.17) is 8.37 Å². The molecule has 0 aliphatic heterocycles. The molecule has 0 amide bonds. The summed E-state index contributed by atoms with van der Waals surface area (Å²) in [4.78, 5) is 1.61. The lowest BCUT2D eigenvalue weighted by molar-refractivity contribution is 0.461. The molecule has 0 saturated heterocycles. The van der Waals surface area contributed by atoms with Crippen LogP contribution in [0.25, 0.3) is 0 Å². The molecule has 0 fully saturated rings. The Morgan fingerprint density at radius 3 is 1.39 bits per heavy atom. The highest BCUT2D eigenvalue weighted by Crippen LogP contribution is 2.18. The minimum absolute atomic E-state index is 0.456.